The van der Waals surface area contributed by atoms with Gasteiger partial charge in [-0.3, -0.25) is 0 Å². The first-order chi connectivity index (χ1) is 22.6. The number of rotatable bonds is 6. The van der Waals surface area contributed by atoms with E-state index in [4.69, 9.17) is 22.6 Å². The van der Waals surface area contributed by atoms with Gasteiger partial charge in [0.2, 0.25) is 0 Å². The van der Waals surface area contributed by atoms with E-state index in [1.807, 2.05) is 0 Å². The van der Waals surface area contributed by atoms with Gasteiger partial charge in [0.05, 0.1) is 19.8 Å². The van der Waals surface area contributed by atoms with E-state index in [0.717, 1.165) is 11.5 Å². The molecule has 3 aromatic rings. The Labute approximate surface area is 299 Å². The molecular formula is C41H59NO5P2. The molecule has 6 nitrogen and oxygen atoms in total. The van der Waals surface area contributed by atoms with E-state index in [2.05, 4.69) is 156 Å². The lowest BCUT2D eigenvalue weighted by molar-refractivity contribution is 0.00436. The molecule has 1 unspecified atom stereocenters. The van der Waals surface area contributed by atoms with Gasteiger partial charge in [-0.2, -0.15) is 0 Å². The van der Waals surface area contributed by atoms with Crippen molar-refractivity contribution < 1.29 is 22.6 Å². The Morgan fingerprint density at radius 3 is 1.39 bits per heavy atom. The van der Waals surface area contributed by atoms with E-state index >= 15 is 0 Å². The second-order valence-corrected chi connectivity index (χ2v) is 20.7. The third-order valence-corrected chi connectivity index (χ3v) is 11.9. The Kier molecular flexibility index (Phi) is 10.8. The molecule has 0 radical (unpaired) electrons. The number of nitrogens with zero attached hydrogens (tertiary/aromatic N) is 1. The van der Waals surface area contributed by atoms with Crippen molar-refractivity contribution in [2.75, 3.05) is 19.8 Å². The van der Waals surface area contributed by atoms with Crippen LogP contribution in [0.15, 0.2) is 54.6 Å². The summed E-state index contributed by atoms with van der Waals surface area (Å²) in [6.07, 6.45) is 0. The Hall–Kier alpha value is -2.04. The fourth-order valence-corrected chi connectivity index (χ4v) is 9.39. The summed E-state index contributed by atoms with van der Waals surface area (Å²) in [6, 6.07) is 19.6. The fraction of sp³-hybridized carbons (Fsp3) is 0.561. The van der Waals surface area contributed by atoms with Crippen LogP contribution in [0.4, 0.5) is 0 Å². The van der Waals surface area contributed by atoms with Crippen LogP contribution in [0.2, 0.25) is 0 Å². The Balaban J connectivity index is 1.47. The van der Waals surface area contributed by atoms with Crippen molar-refractivity contribution in [1.82, 2.24) is 4.67 Å². The van der Waals surface area contributed by atoms with E-state index in [1.54, 1.807) is 0 Å². The highest BCUT2D eigenvalue weighted by molar-refractivity contribution is 7.45. The monoisotopic (exact) mass is 707 g/mol. The van der Waals surface area contributed by atoms with Gasteiger partial charge in [-0.25, -0.2) is 4.67 Å². The predicted octanol–water partition coefficient (Wildman–Crippen LogP) is 11.7. The molecule has 0 amide bonds. The first kappa shape index (κ1) is 38.2. The first-order valence-electron chi connectivity index (χ1n) is 17.6. The van der Waals surface area contributed by atoms with Crippen molar-refractivity contribution in [3.63, 3.8) is 0 Å². The average molecular weight is 708 g/mol. The van der Waals surface area contributed by atoms with E-state index in [0.29, 0.717) is 26.4 Å². The third-order valence-electron chi connectivity index (χ3n) is 9.27. The van der Waals surface area contributed by atoms with Crippen LogP contribution in [0.1, 0.15) is 122 Å². The SMILES string of the molecule is Cc1cc(C(C)(C)C)c(OP2OCC3(CO2)COP(Oc2c(C(C)(C)C)cc(C)cc2C(C)(C)C)N3Cc2ccccc2)c(C(C)(C)C)c1. The topological polar surface area (TPSA) is 49.4 Å². The molecule has 0 aromatic heterocycles. The molecule has 2 heterocycles. The number of hydrogen-bond acceptors (Lipinski definition) is 6. The summed E-state index contributed by atoms with van der Waals surface area (Å²) in [7, 11) is -3.11. The highest BCUT2D eigenvalue weighted by Gasteiger charge is 2.54. The molecule has 0 bridgehead atoms. The highest BCUT2D eigenvalue weighted by atomic mass is 31.2. The van der Waals surface area contributed by atoms with Gasteiger partial charge < -0.3 is 22.6 Å². The molecule has 268 valence electrons. The summed E-state index contributed by atoms with van der Waals surface area (Å²) in [5.41, 5.74) is 7.40. The van der Waals surface area contributed by atoms with E-state index < -0.39 is 22.7 Å². The molecule has 1 spiro atoms. The lowest BCUT2D eigenvalue weighted by Gasteiger charge is -2.41. The first-order valence-corrected chi connectivity index (χ1v) is 19.8. The minimum absolute atomic E-state index is 0.111. The maximum Gasteiger partial charge on any atom is 0.397 e. The minimum Gasteiger partial charge on any atom is -0.435 e. The molecule has 3 aromatic carbocycles. The van der Waals surface area contributed by atoms with Gasteiger partial charge in [-0.05, 0) is 41.1 Å². The second kappa shape index (κ2) is 13.8. The molecule has 1 atom stereocenters. The van der Waals surface area contributed by atoms with Crippen LogP contribution >= 0.6 is 17.1 Å². The average Bonchev–Trinajstić information content (AvgIpc) is 3.29. The molecule has 49 heavy (non-hydrogen) atoms. The fourth-order valence-electron chi connectivity index (χ4n) is 6.38. The Morgan fingerprint density at radius 2 is 0.980 bits per heavy atom. The Morgan fingerprint density at radius 1 is 0.592 bits per heavy atom. The van der Waals surface area contributed by atoms with Crippen LogP contribution in [0, 0.1) is 13.8 Å². The zero-order valence-corrected chi connectivity index (χ0v) is 34.2. The molecule has 0 N–H and O–H groups in total. The number of benzene rings is 3. The second-order valence-electron chi connectivity index (χ2n) is 18.1. The normalized spacial score (nSPS) is 22.5. The van der Waals surface area contributed by atoms with Crippen molar-refractivity contribution in [1.29, 1.82) is 0 Å². The zero-order valence-electron chi connectivity index (χ0n) is 32.4. The third kappa shape index (κ3) is 8.54. The summed E-state index contributed by atoms with van der Waals surface area (Å²) in [5.74, 6) is 1.81. The predicted molar refractivity (Wildman–Crippen MR) is 205 cm³/mol. The molecule has 2 saturated heterocycles. The Bertz CT molecular complexity index is 1550. The molecule has 5 rings (SSSR count). The lowest BCUT2D eigenvalue weighted by Crippen LogP contribution is -2.53. The van der Waals surface area contributed by atoms with Crippen molar-refractivity contribution in [3.05, 3.63) is 93.5 Å². The van der Waals surface area contributed by atoms with Gasteiger partial charge in [0.25, 0.3) is 0 Å². The van der Waals surface area contributed by atoms with Crippen LogP contribution in [0.3, 0.4) is 0 Å². The lowest BCUT2D eigenvalue weighted by atomic mass is 9.78. The summed E-state index contributed by atoms with van der Waals surface area (Å²) < 4.78 is 36.1. The van der Waals surface area contributed by atoms with Crippen LogP contribution in [0.25, 0.3) is 0 Å². The van der Waals surface area contributed by atoms with Crippen molar-refractivity contribution >= 4 is 17.1 Å². The molecule has 2 aliphatic rings. The van der Waals surface area contributed by atoms with Crippen LogP contribution in [-0.2, 0) is 41.8 Å². The van der Waals surface area contributed by atoms with Gasteiger partial charge in [-0.1, -0.05) is 149 Å². The zero-order chi connectivity index (χ0) is 36.2. The standard InChI is InChI=1S/C41H59NO5P2/c1-28-20-31(37(3,4)5)35(32(21-28)38(6,7)8)46-48-42(24-30-18-16-15-17-19-30)41(25-43-48)26-44-49(45-27-41)47-36-33(39(9,10)11)22-29(2)23-34(36)40(12,13)14/h15-23H,24-27H2,1-14H3. The summed E-state index contributed by atoms with van der Waals surface area (Å²) >= 11 is 0. The van der Waals surface area contributed by atoms with Gasteiger partial charge in [-0.15, -0.1) is 0 Å². The minimum atomic E-state index is -1.63. The van der Waals surface area contributed by atoms with Crippen molar-refractivity contribution in [2.24, 2.45) is 0 Å². The number of aryl methyl sites for hydroxylation is 2. The van der Waals surface area contributed by atoms with Crippen LogP contribution < -0.4 is 9.05 Å². The van der Waals surface area contributed by atoms with Crippen LogP contribution in [0.5, 0.6) is 11.5 Å². The van der Waals surface area contributed by atoms with E-state index in [9.17, 15) is 0 Å². The van der Waals surface area contributed by atoms with E-state index in [-0.39, 0.29) is 21.7 Å². The molecule has 2 aliphatic heterocycles. The van der Waals surface area contributed by atoms with Gasteiger partial charge >= 0.3 is 17.1 Å². The molecule has 0 saturated carbocycles. The summed E-state index contributed by atoms with van der Waals surface area (Å²) in [6.45, 7) is 33.2. The van der Waals surface area contributed by atoms with Gasteiger partial charge in [0, 0.05) is 28.8 Å². The number of hydrogen-bond donors (Lipinski definition) is 0. The molecule has 0 aliphatic carbocycles. The van der Waals surface area contributed by atoms with Gasteiger partial charge in [0.1, 0.15) is 17.0 Å². The molecular weight excluding hydrogens is 648 g/mol. The summed E-state index contributed by atoms with van der Waals surface area (Å²) in [4.78, 5) is 0. The van der Waals surface area contributed by atoms with Crippen LogP contribution in [-0.4, -0.2) is 30.0 Å². The smallest absolute Gasteiger partial charge is 0.397 e. The van der Waals surface area contributed by atoms with Gasteiger partial charge in [0.15, 0.2) is 0 Å². The quantitative estimate of drug-likeness (QED) is 0.238. The maximum absolute atomic E-state index is 7.13. The molecule has 8 heteroatoms. The summed E-state index contributed by atoms with van der Waals surface area (Å²) in [5, 5.41) is 0. The van der Waals surface area contributed by atoms with Crippen molar-refractivity contribution in [2.45, 2.75) is 131 Å². The largest absolute Gasteiger partial charge is 0.435 e. The highest BCUT2D eigenvalue weighted by Crippen LogP contribution is 2.60. The van der Waals surface area contributed by atoms with Crippen molar-refractivity contribution in [3.8, 4) is 11.5 Å². The molecule has 2 fully saturated rings. The maximum atomic E-state index is 7.13. The van der Waals surface area contributed by atoms with E-state index in [1.165, 1.54) is 38.9 Å².